The first-order valence-electron chi connectivity index (χ1n) is 9.37. The quantitative estimate of drug-likeness (QED) is 0.450. The molecule has 2 aliphatic heterocycles. The van der Waals surface area contributed by atoms with Gasteiger partial charge >= 0.3 is 0 Å². The van der Waals surface area contributed by atoms with Gasteiger partial charge in [0.2, 0.25) is 11.8 Å². The van der Waals surface area contributed by atoms with Crippen LogP contribution in [0.2, 0.25) is 0 Å². The molecule has 0 aliphatic carbocycles. The number of nitrogens with one attached hydrogen (secondary N) is 2. The van der Waals surface area contributed by atoms with Gasteiger partial charge in [0.05, 0.1) is 18.3 Å². The fourth-order valence-electron chi connectivity index (χ4n) is 3.74. The molecule has 2 aliphatic rings. The van der Waals surface area contributed by atoms with Crippen LogP contribution in [-0.4, -0.2) is 40.2 Å². The van der Waals surface area contributed by atoms with Gasteiger partial charge in [-0.3, -0.25) is 24.7 Å². The summed E-state index contributed by atoms with van der Waals surface area (Å²) in [6.45, 7) is 1.17. The Balaban J connectivity index is 1.55. The van der Waals surface area contributed by atoms with Crippen LogP contribution in [0.1, 0.15) is 34.3 Å². The smallest absolute Gasteiger partial charge is 0.255 e. The maximum absolute atomic E-state index is 12.8. The highest BCUT2D eigenvalue weighted by Gasteiger charge is 2.39. The van der Waals surface area contributed by atoms with Gasteiger partial charge in [-0.15, -0.1) is 0 Å². The van der Waals surface area contributed by atoms with E-state index in [0.29, 0.717) is 25.1 Å². The van der Waals surface area contributed by atoms with Crippen LogP contribution in [0.15, 0.2) is 36.5 Å². The van der Waals surface area contributed by atoms with Gasteiger partial charge in [0, 0.05) is 36.8 Å². The third kappa shape index (κ3) is 3.73. The van der Waals surface area contributed by atoms with Crippen LogP contribution < -0.4 is 10.6 Å². The lowest BCUT2D eigenvalue weighted by atomic mass is 10.0. The Bertz CT molecular complexity index is 1040. The Labute approximate surface area is 167 Å². The number of hydrogen-bond donors (Lipinski definition) is 2. The van der Waals surface area contributed by atoms with Gasteiger partial charge in [-0.2, -0.15) is 5.26 Å². The van der Waals surface area contributed by atoms with E-state index in [1.165, 1.54) is 4.90 Å². The van der Waals surface area contributed by atoms with Gasteiger partial charge < -0.3 is 10.2 Å². The highest BCUT2D eigenvalue weighted by molar-refractivity contribution is 6.05. The van der Waals surface area contributed by atoms with E-state index in [1.54, 1.807) is 12.3 Å². The van der Waals surface area contributed by atoms with Gasteiger partial charge in [0.25, 0.3) is 5.91 Å². The van der Waals surface area contributed by atoms with E-state index in [0.717, 1.165) is 22.4 Å². The third-order valence-corrected chi connectivity index (χ3v) is 5.18. The van der Waals surface area contributed by atoms with Gasteiger partial charge in [-0.25, -0.2) is 0 Å². The van der Waals surface area contributed by atoms with E-state index in [4.69, 9.17) is 5.26 Å². The van der Waals surface area contributed by atoms with E-state index >= 15 is 0 Å². The first-order valence-corrected chi connectivity index (χ1v) is 9.37. The number of nitrogens with zero attached hydrogens (tertiary/aromatic N) is 3. The van der Waals surface area contributed by atoms with Crippen molar-refractivity contribution in [3.8, 4) is 17.3 Å². The lowest BCUT2D eigenvalue weighted by Gasteiger charge is -2.29. The van der Waals surface area contributed by atoms with Crippen molar-refractivity contribution in [1.82, 2.24) is 20.5 Å². The van der Waals surface area contributed by atoms with Crippen LogP contribution in [0, 0.1) is 11.3 Å². The summed E-state index contributed by atoms with van der Waals surface area (Å²) >= 11 is 0. The van der Waals surface area contributed by atoms with Crippen molar-refractivity contribution in [3.63, 3.8) is 0 Å². The van der Waals surface area contributed by atoms with E-state index in [9.17, 15) is 14.4 Å². The molecule has 8 nitrogen and oxygen atoms in total. The zero-order valence-electron chi connectivity index (χ0n) is 15.6. The molecule has 3 heterocycles. The number of rotatable bonds is 5. The minimum absolute atomic E-state index is 0.191. The van der Waals surface area contributed by atoms with Crippen molar-refractivity contribution in [1.29, 1.82) is 5.26 Å². The number of amides is 3. The van der Waals surface area contributed by atoms with Crippen molar-refractivity contribution in [2.24, 2.45) is 0 Å². The SMILES string of the molecule is N#CCNCc1ccnc(-c2ccc3c(c2)CN(C2CCC(=O)NC2=O)C3=O)c1. The first kappa shape index (κ1) is 18.8. The van der Waals surface area contributed by atoms with Crippen molar-refractivity contribution >= 4 is 17.7 Å². The third-order valence-electron chi connectivity index (χ3n) is 5.18. The van der Waals surface area contributed by atoms with Crippen LogP contribution in [0.4, 0.5) is 0 Å². The molecule has 8 heteroatoms. The summed E-state index contributed by atoms with van der Waals surface area (Å²) in [5, 5.41) is 14.0. The van der Waals surface area contributed by atoms with Crippen LogP contribution in [0.5, 0.6) is 0 Å². The molecular formula is C21H19N5O3. The monoisotopic (exact) mass is 389 g/mol. The maximum Gasteiger partial charge on any atom is 0.255 e. The van der Waals surface area contributed by atoms with Crippen molar-refractivity contribution in [2.45, 2.75) is 32.0 Å². The second-order valence-electron chi connectivity index (χ2n) is 7.08. The van der Waals surface area contributed by atoms with Crippen molar-refractivity contribution in [3.05, 3.63) is 53.2 Å². The highest BCUT2D eigenvalue weighted by atomic mass is 16.2. The molecule has 0 saturated carbocycles. The Hall–Kier alpha value is -3.57. The number of aromatic nitrogens is 1. The summed E-state index contributed by atoms with van der Waals surface area (Å²) in [5.74, 6) is -0.904. The lowest BCUT2D eigenvalue weighted by molar-refractivity contribution is -0.136. The summed E-state index contributed by atoms with van der Waals surface area (Å²) in [7, 11) is 0. The number of carbonyl (C=O) groups excluding carboxylic acids is 3. The zero-order valence-corrected chi connectivity index (χ0v) is 15.6. The Morgan fingerprint density at radius 2 is 2.10 bits per heavy atom. The van der Waals surface area contributed by atoms with E-state index in [1.807, 2.05) is 30.3 Å². The van der Waals surface area contributed by atoms with Crippen molar-refractivity contribution < 1.29 is 14.4 Å². The van der Waals surface area contributed by atoms with E-state index < -0.39 is 11.9 Å². The summed E-state index contributed by atoms with van der Waals surface area (Å²) < 4.78 is 0. The average Bonchev–Trinajstić information content (AvgIpc) is 3.04. The molecule has 0 radical (unpaired) electrons. The number of hydrogen-bond acceptors (Lipinski definition) is 6. The Morgan fingerprint density at radius 1 is 1.24 bits per heavy atom. The number of pyridine rings is 1. The van der Waals surface area contributed by atoms with Crippen LogP contribution >= 0.6 is 0 Å². The van der Waals surface area contributed by atoms with Gasteiger partial charge in [0.15, 0.2) is 0 Å². The summed E-state index contributed by atoms with van der Waals surface area (Å²) in [5.41, 5.74) is 4.07. The first-order chi connectivity index (χ1) is 14.1. The number of piperidine rings is 1. The number of nitriles is 1. The fraction of sp³-hybridized carbons (Fsp3) is 0.286. The molecule has 1 atom stereocenters. The van der Waals surface area contributed by atoms with E-state index in [-0.39, 0.29) is 24.8 Å². The molecule has 1 saturated heterocycles. The number of carbonyl (C=O) groups is 3. The average molecular weight is 389 g/mol. The van der Waals surface area contributed by atoms with Crippen LogP contribution in [-0.2, 0) is 22.7 Å². The topological polar surface area (TPSA) is 115 Å². The molecule has 146 valence electrons. The molecule has 1 fully saturated rings. The van der Waals surface area contributed by atoms with Crippen LogP contribution in [0.3, 0.4) is 0 Å². The molecule has 1 unspecified atom stereocenters. The molecule has 1 aromatic heterocycles. The van der Waals surface area contributed by atoms with Gasteiger partial charge in [-0.1, -0.05) is 6.07 Å². The molecule has 0 spiro atoms. The Kier molecular flexibility index (Phi) is 5.06. The predicted molar refractivity (Wildman–Crippen MR) is 103 cm³/mol. The Morgan fingerprint density at radius 3 is 2.90 bits per heavy atom. The van der Waals surface area contributed by atoms with Crippen LogP contribution in [0.25, 0.3) is 11.3 Å². The largest absolute Gasteiger partial charge is 0.322 e. The second-order valence-corrected chi connectivity index (χ2v) is 7.08. The summed E-state index contributed by atoms with van der Waals surface area (Å²) in [4.78, 5) is 42.3. The maximum atomic E-state index is 12.8. The van der Waals surface area contributed by atoms with Gasteiger partial charge in [0.1, 0.15) is 6.04 Å². The molecule has 4 rings (SSSR count). The second kappa shape index (κ2) is 7.81. The molecule has 29 heavy (non-hydrogen) atoms. The molecule has 2 aromatic rings. The standard InChI is InChI=1S/C21H19N5O3/c22-6-8-23-11-13-5-7-24-17(9-13)14-1-2-16-15(10-14)12-26(21(16)29)18-3-4-19(27)25-20(18)28/h1-2,5,7,9-10,18,23H,3-4,8,11-12H2,(H,25,27,28). The number of fused-ring (bicyclic) bond motifs is 1. The summed E-state index contributed by atoms with van der Waals surface area (Å²) in [6, 6.07) is 10.8. The molecule has 1 aromatic carbocycles. The summed E-state index contributed by atoms with van der Waals surface area (Å²) in [6.07, 6.45) is 2.29. The van der Waals surface area contributed by atoms with Crippen molar-refractivity contribution in [2.75, 3.05) is 6.54 Å². The minimum atomic E-state index is -0.622. The molecule has 3 amide bonds. The zero-order chi connectivity index (χ0) is 20.4. The minimum Gasteiger partial charge on any atom is -0.322 e. The fourth-order valence-corrected chi connectivity index (χ4v) is 3.74. The lowest BCUT2D eigenvalue weighted by Crippen LogP contribution is -2.52. The van der Waals surface area contributed by atoms with E-state index in [2.05, 4.69) is 15.6 Å². The molecule has 2 N–H and O–H groups in total. The highest BCUT2D eigenvalue weighted by Crippen LogP contribution is 2.30. The normalized spacial score (nSPS) is 18.4. The van der Waals surface area contributed by atoms with Gasteiger partial charge in [-0.05, 0) is 41.8 Å². The number of benzene rings is 1. The molecular weight excluding hydrogens is 370 g/mol. The predicted octanol–water partition coefficient (Wildman–Crippen LogP) is 1.12. The number of imide groups is 1. The molecule has 0 bridgehead atoms.